The maximum atomic E-state index is 8.70. The molecule has 0 fully saturated rings. The summed E-state index contributed by atoms with van der Waals surface area (Å²) in [5, 5.41) is 10.8. The quantitative estimate of drug-likeness (QED) is 0.752. The van der Waals surface area contributed by atoms with Crippen LogP contribution in [0.5, 0.6) is 0 Å². The Hall–Kier alpha value is -1.98. The van der Waals surface area contributed by atoms with E-state index in [4.69, 9.17) is 14.6 Å². The number of nitrogens with zero attached hydrogens (tertiary/aromatic N) is 1. The number of hydrazine groups is 1. The number of benzene rings is 1. The molecule has 5 nitrogen and oxygen atoms in total. The molecule has 2 N–H and O–H groups in total. The van der Waals surface area contributed by atoms with Crippen LogP contribution in [-0.2, 0) is 22.7 Å². The van der Waals surface area contributed by atoms with Gasteiger partial charge in [-0.3, -0.25) is 5.01 Å². The lowest BCUT2D eigenvalue weighted by atomic mass is 10.1. The van der Waals surface area contributed by atoms with E-state index in [0.717, 1.165) is 22.5 Å². The summed E-state index contributed by atoms with van der Waals surface area (Å²) in [6.07, 6.45) is 3.97. The topological polar surface area (TPSA) is 54.0 Å². The van der Waals surface area contributed by atoms with E-state index < -0.39 is 0 Å². The molecule has 24 heavy (non-hydrogen) atoms. The molecule has 1 aliphatic rings. The smallest absolute Gasteiger partial charge is 0.141 e. The second-order valence-corrected chi connectivity index (χ2v) is 6.87. The predicted octanol–water partition coefficient (Wildman–Crippen LogP) is 3.08. The van der Waals surface area contributed by atoms with Crippen LogP contribution in [-0.4, -0.2) is 28.9 Å². The highest BCUT2D eigenvalue weighted by molar-refractivity contribution is 5.27. The molecule has 132 valence electrons. The maximum Gasteiger partial charge on any atom is 0.141 e. The van der Waals surface area contributed by atoms with E-state index in [2.05, 4.69) is 37.4 Å². The Labute approximate surface area is 144 Å². The minimum atomic E-state index is 0.0111. The van der Waals surface area contributed by atoms with Crippen LogP contribution in [0.15, 0.2) is 48.0 Å². The molecule has 0 spiro atoms. The van der Waals surface area contributed by atoms with Crippen LogP contribution in [0, 0.1) is 0 Å². The summed E-state index contributed by atoms with van der Waals surface area (Å²) in [7, 11) is 0. The van der Waals surface area contributed by atoms with Gasteiger partial charge in [-0.25, -0.2) is 0 Å². The molecule has 2 rings (SSSR count). The fourth-order valence-corrected chi connectivity index (χ4v) is 2.23. The zero-order valence-electron chi connectivity index (χ0n) is 15.0. The van der Waals surface area contributed by atoms with Gasteiger partial charge in [0.25, 0.3) is 0 Å². The van der Waals surface area contributed by atoms with Gasteiger partial charge in [0.15, 0.2) is 0 Å². The first-order valence-corrected chi connectivity index (χ1v) is 8.24. The number of aliphatic hydroxyl groups is 1. The summed E-state index contributed by atoms with van der Waals surface area (Å²) in [5.74, 6) is 0.853. The van der Waals surface area contributed by atoms with Gasteiger partial charge in [0.2, 0.25) is 0 Å². The van der Waals surface area contributed by atoms with E-state index in [0.29, 0.717) is 19.8 Å². The number of hydrogen-bond donors (Lipinski definition) is 2. The van der Waals surface area contributed by atoms with Crippen molar-refractivity contribution in [3.05, 3.63) is 59.1 Å². The van der Waals surface area contributed by atoms with Crippen molar-refractivity contribution in [2.24, 2.45) is 0 Å². The van der Waals surface area contributed by atoms with Gasteiger partial charge in [0.1, 0.15) is 12.4 Å². The zero-order valence-corrected chi connectivity index (χ0v) is 15.0. The van der Waals surface area contributed by atoms with Crippen LogP contribution >= 0.6 is 0 Å². The molecule has 0 amide bonds. The molecule has 1 aliphatic heterocycles. The molecular weight excluding hydrogens is 304 g/mol. The summed E-state index contributed by atoms with van der Waals surface area (Å²) >= 11 is 0. The fourth-order valence-electron chi connectivity index (χ4n) is 2.23. The molecule has 0 aliphatic carbocycles. The largest absolute Gasteiger partial charge is 0.487 e. The molecule has 1 aromatic rings. The van der Waals surface area contributed by atoms with Crippen molar-refractivity contribution in [3.63, 3.8) is 0 Å². The summed E-state index contributed by atoms with van der Waals surface area (Å²) in [6, 6.07) is 8.12. The van der Waals surface area contributed by atoms with Crippen LogP contribution in [0.4, 0.5) is 0 Å². The minimum absolute atomic E-state index is 0.0111. The number of aliphatic hydroxyl groups excluding tert-OH is 1. The standard InChI is InChI=1S/C19H28N2O3/c1-15-12-21(19(2,3)4)20-11-18(15)24-14-17-7-5-16(6-8-17)13-23-10-9-22/h5-8,11-12,20,22H,9-10,13-14H2,1-4H3. The van der Waals surface area contributed by atoms with Crippen LogP contribution in [0.25, 0.3) is 0 Å². The third-order valence-corrected chi connectivity index (χ3v) is 3.69. The number of allylic oxidation sites excluding steroid dienone is 1. The Morgan fingerprint density at radius 1 is 1.08 bits per heavy atom. The van der Waals surface area contributed by atoms with Gasteiger partial charge in [-0.15, -0.1) is 0 Å². The summed E-state index contributed by atoms with van der Waals surface area (Å²) in [4.78, 5) is 0. The SMILES string of the molecule is CC1=CN(C(C)(C)C)NC=C1OCc1ccc(COCCO)cc1. The number of rotatable bonds is 7. The molecule has 5 heteroatoms. The van der Waals surface area contributed by atoms with E-state index in [1.54, 1.807) is 0 Å². The van der Waals surface area contributed by atoms with Gasteiger partial charge >= 0.3 is 0 Å². The van der Waals surface area contributed by atoms with Gasteiger partial charge in [-0.2, -0.15) is 0 Å². The van der Waals surface area contributed by atoms with Crippen molar-refractivity contribution in [1.82, 2.24) is 10.4 Å². The Kier molecular flexibility index (Phi) is 6.29. The van der Waals surface area contributed by atoms with Crippen molar-refractivity contribution in [1.29, 1.82) is 0 Å². The molecule has 0 atom stereocenters. The van der Waals surface area contributed by atoms with E-state index >= 15 is 0 Å². The minimum Gasteiger partial charge on any atom is -0.487 e. The average molecular weight is 332 g/mol. The highest BCUT2D eigenvalue weighted by atomic mass is 16.5. The van der Waals surface area contributed by atoms with Crippen LogP contribution in [0.3, 0.4) is 0 Å². The average Bonchev–Trinajstić information content (AvgIpc) is 2.54. The van der Waals surface area contributed by atoms with Crippen molar-refractivity contribution in [3.8, 4) is 0 Å². The molecule has 0 bridgehead atoms. The van der Waals surface area contributed by atoms with E-state index in [-0.39, 0.29) is 12.1 Å². The van der Waals surface area contributed by atoms with Crippen LogP contribution < -0.4 is 5.43 Å². The molecule has 0 radical (unpaired) electrons. The lowest BCUT2D eigenvalue weighted by Gasteiger charge is -2.37. The monoisotopic (exact) mass is 332 g/mol. The van der Waals surface area contributed by atoms with Crippen molar-refractivity contribution < 1.29 is 14.6 Å². The molecule has 0 unspecified atom stereocenters. The molecular formula is C19H28N2O3. The second-order valence-electron chi connectivity index (χ2n) is 6.87. The third kappa shape index (κ3) is 5.28. The molecule has 0 saturated carbocycles. The summed E-state index contributed by atoms with van der Waals surface area (Å²) in [5.41, 5.74) is 6.54. The Bertz CT molecular complexity index is 586. The summed E-state index contributed by atoms with van der Waals surface area (Å²) in [6.45, 7) is 9.94. The number of ether oxygens (including phenoxy) is 2. The van der Waals surface area contributed by atoms with Crippen molar-refractivity contribution in [2.75, 3.05) is 13.2 Å². The fraction of sp³-hybridized carbons (Fsp3) is 0.474. The highest BCUT2D eigenvalue weighted by Crippen LogP contribution is 2.21. The maximum absolute atomic E-state index is 8.70. The lowest BCUT2D eigenvalue weighted by Crippen LogP contribution is -2.46. The van der Waals surface area contributed by atoms with E-state index in [9.17, 15) is 0 Å². The third-order valence-electron chi connectivity index (χ3n) is 3.69. The Morgan fingerprint density at radius 2 is 1.71 bits per heavy atom. The second kappa shape index (κ2) is 8.22. The van der Waals surface area contributed by atoms with Crippen LogP contribution in [0.2, 0.25) is 0 Å². The molecule has 1 heterocycles. The Morgan fingerprint density at radius 3 is 2.25 bits per heavy atom. The van der Waals surface area contributed by atoms with Gasteiger partial charge in [-0.05, 0) is 38.8 Å². The van der Waals surface area contributed by atoms with Crippen molar-refractivity contribution >= 4 is 0 Å². The molecule has 1 aromatic carbocycles. The first-order chi connectivity index (χ1) is 11.4. The van der Waals surface area contributed by atoms with Crippen LogP contribution in [0.1, 0.15) is 38.8 Å². The molecule has 0 saturated heterocycles. The van der Waals surface area contributed by atoms with E-state index in [1.807, 2.05) is 37.4 Å². The van der Waals surface area contributed by atoms with Gasteiger partial charge < -0.3 is 20.0 Å². The van der Waals surface area contributed by atoms with Gasteiger partial charge in [0, 0.05) is 11.8 Å². The van der Waals surface area contributed by atoms with Gasteiger partial charge in [0.05, 0.1) is 31.6 Å². The zero-order chi connectivity index (χ0) is 17.6. The Balaban J connectivity index is 1.85. The summed E-state index contributed by atoms with van der Waals surface area (Å²) < 4.78 is 11.2. The first kappa shape index (κ1) is 18.4. The molecule has 0 aromatic heterocycles. The number of nitrogens with one attached hydrogen (secondary N) is 1. The number of hydrogen-bond acceptors (Lipinski definition) is 5. The van der Waals surface area contributed by atoms with E-state index in [1.165, 1.54) is 0 Å². The lowest BCUT2D eigenvalue weighted by molar-refractivity contribution is 0.0815. The normalized spacial score (nSPS) is 14.8. The van der Waals surface area contributed by atoms with Gasteiger partial charge in [-0.1, -0.05) is 24.3 Å². The predicted molar refractivity (Wildman–Crippen MR) is 94.5 cm³/mol. The highest BCUT2D eigenvalue weighted by Gasteiger charge is 2.21. The van der Waals surface area contributed by atoms with Crippen molar-refractivity contribution in [2.45, 2.75) is 46.4 Å². The first-order valence-electron chi connectivity index (χ1n) is 8.24.